The molecule has 0 saturated carbocycles. The van der Waals surface area contributed by atoms with Gasteiger partial charge in [-0.3, -0.25) is 14.4 Å². The highest BCUT2D eigenvalue weighted by molar-refractivity contribution is 6.36. The first-order valence-electron chi connectivity index (χ1n) is 9.93. The van der Waals surface area contributed by atoms with E-state index < -0.39 is 17.5 Å². The van der Waals surface area contributed by atoms with E-state index in [0.717, 1.165) is 11.6 Å². The quantitative estimate of drug-likeness (QED) is 0.425. The molecule has 2 N–H and O–H groups in total. The number of methoxy groups -OCH3 is 1. The van der Waals surface area contributed by atoms with Crippen LogP contribution in [-0.4, -0.2) is 24.7 Å². The number of amides is 2. The Morgan fingerprint density at radius 1 is 1.09 bits per heavy atom. The van der Waals surface area contributed by atoms with Gasteiger partial charge in [0, 0.05) is 17.7 Å². The standard InChI is InChI=1S/C25H18ClFN2O4/c1-33-17-6-2-14(3-7-17)13-28-24(31)16-5-9-22-18(12-16)23(30)19(25(32)29-22)10-15-4-8-21(27)20(26)11-15/h2-12H,13H2,1H3,(H,28,31)(H,29,32)/b19-10+. The summed E-state index contributed by atoms with van der Waals surface area (Å²) in [5.41, 5.74) is 1.92. The van der Waals surface area contributed by atoms with Crippen molar-refractivity contribution in [1.82, 2.24) is 5.32 Å². The van der Waals surface area contributed by atoms with Crippen LogP contribution in [0, 0.1) is 5.82 Å². The van der Waals surface area contributed by atoms with Crippen LogP contribution in [0.4, 0.5) is 10.1 Å². The van der Waals surface area contributed by atoms with Gasteiger partial charge in [0.1, 0.15) is 11.6 Å². The van der Waals surface area contributed by atoms with Crippen LogP contribution in [-0.2, 0) is 11.3 Å². The molecule has 2 amide bonds. The summed E-state index contributed by atoms with van der Waals surface area (Å²) in [6.45, 7) is 0.293. The highest BCUT2D eigenvalue weighted by Crippen LogP contribution is 2.28. The Labute approximate surface area is 194 Å². The third-order valence-electron chi connectivity index (χ3n) is 5.13. The molecule has 6 nitrogen and oxygen atoms in total. The maximum atomic E-state index is 13.4. The molecule has 1 aliphatic heterocycles. The highest BCUT2D eigenvalue weighted by atomic mass is 35.5. The molecular formula is C25H18ClFN2O4. The maximum Gasteiger partial charge on any atom is 0.259 e. The first-order chi connectivity index (χ1) is 15.9. The minimum Gasteiger partial charge on any atom is -0.497 e. The Balaban J connectivity index is 1.55. The van der Waals surface area contributed by atoms with E-state index in [1.54, 1.807) is 19.2 Å². The predicted molar refractivity (Wildman–Crippen MR) is 123 cm³/mol. The molecule has 0 aliphatic carbocycles. The Morgan fingerprint density at radius 2 is 1.85 bits per heavy atom. The number of ketones is 1. The third kappa shape index (κ3) is 4.78. The zero-order valence-corrected chi connectivity index (χ0v) is 18.2. The van der Waals surface area contributed by atoms with E-state index >= 15 is 0 Å². The molecule has 8 heteroatoms. The number of nitrogens with one attached hydrogen (secondary N) is 2. The Kier molecular flexibility index (Phi) is 6.24. The molecule has 0 radical (unpaired) electrons. The third-order valence-corrected chi connectivity index (χ3v) is 5.42. The van der Waals surface area contributed by atoms with Crippen molar-refractivity contribution in [3.05, 3.63) is 99.3 Å². The van der Waals surface area contributed by atoms with E-state index in [1.807, 2.05) is 12.1 Å². The first kappa shape index (κ1) is 22.2. The summed E-state index contributed by atoms with van der Waals surface area (Å²) in [5, 5.41) is 5.32. The fourth-order valence-corrected chi connectivity index (χ4v) is 3.54. The number of fused-ring (bicyclic) bond motifs is 1. The fourth-order valence-electron chi connectivity index (χ4n) is 3.35. The van der Waals surface area contributed by atoms with E-state index in [1.165, 1.54) is 36.4 Å². The van der Waals surface area contributed by atoms with E-state index in [9.17, 15) is 18.8 Å². The molecule has 3 aromatic rings. The number of halogens is 2. The van der Waals surface area contributed by atoms with Crippen molar-refractivity contribution in [3.8, 4) is 5.75 Å². The molecule has 33 heavy (non-hydrogen) atoms. The van der Waals surface area contributed by atoms with Crippen LogP contribution in [0.1, 0.15) is 31.8 Å². The van der Waals surface area contributed by atoms with Gasteiger partial charge in [-0.1, -0.05) is 29.8 Å². The molecule has 0 atom stereocenters. The summed E-state index contributed by atoms with van der Waals surface area (Å²) in [6.07, 6.45) is 1.34. The van der Waals surface area contributed by atoms with E-state index in [-0.39, 0.29) is 27.6 Å². The first-order valence-corrected chi connectivity index (χ1v) is 10.3. The van der Waals surface area contributed by atoms with Crippen LogP contribution in [0.25, 0.3) is 6.08 Å². The number of hydrogen-bond donors (Lipinski definition) is 2. The summed E-state index contributed by atoms with van der Waals surface area (Å²) in [4.78, 5) is 38.1. The summed E-state index contributed by atoms with van der Waals surface area (Å²) in [5.74, 6) is -1.39. The number of ether oxygens (including phenoxy) is 1. The van der Waals surface area contributed by atoms with Gasteiger partial charge in [-0.25, -0.2) is 4.39 Å². The maximum absolute atomic E-state index is 13.4. The number of carbonyl (C=O) groups excluding carboxylic acids is 3. The summed E-state index contributed by atoms with van der Waals surface area (Å²) in [6, 6.07) is 15.6. The molecule has 4 rings (SSSR count). The fraction of sp³-hybridized carbons (Fsp3) is 0.0800. The lowest BCUT2D eigenvalue weighted by Crippen LogP contribution is -2.28. The molecule has 1 heterocycles. The molecule has 0 fully saturated rings. The lowest BCUT2D eigenvalue weighted by atomic mass is 9.93. The molecule has 3 aromatic carbocycles. The summed E-state index contributed by atoms with van der Waals surface area (Å²) >= 11 is 5.79. The van der Waals surface area contributed by atoms with Gasteiger partial charge in [-0.2, -0.15) is 0 Å². The second kappa shape index (κ2) is 9.26. The van der Waals surface area contributed by atoms with Crippen molar-refractivity contribution in [3.63, 3.8) is 0 Å². The van der Waals surface area contributed by atoms with Gasteiger partial charge in [-0.15, -0.1) is 0 Å². The SMILES string of the molecule is COc1ccc(CNC(=O)c2ccc3c(c2)C(=O)/C(=C\c2ccc(F)c(Cl)c2)C(=O)N3)cc1. The summed E-state index contributed by atoms with van der Waals surface area (Å²) in [7, 11) is 1.58. The van der Waals surface area contributed by atoms with Gasteiger partial charge in [-0.05, 0) is 59.7 Å². The molecule has 0 aromatic heterocycles. The van der Waals surface area contributed by atoms with Gasteiger partial charge < -0.3 is 15.4 Å². The number of carbonyl (C=O) groups is 3. The Morgan fingerprint density at radius 3 is 2.55 bits per heavy atom. The predicted octanol–water partition coefficient (Wildman–Crippen LogP) is 4.64. The van der Waals surface area contributed by atoms with Crippen LogP contribution >= 0.6 is 11.6 Å². The minimum atomic E-state index is -0.603. The van der Waals surface area contributed by atoms with Crippen LogP contribution < -0.4 is 15.4 Å². The Hall–Kier alpha value is -3.97. The normalized spacial score (nSPS) is 14.0. The zero-order valence-electron chi connectivity index (χ0n) is 17.4. The van der Waals surface area contributed by atoms with Crippen LogP contribution in [0.15, 0.2) is 66.2 Å². The molecule has 166 valence electrons. The van der Waals surface area contributed by atoms with Crippen LogP contribution in [0.3, 0.4) is 0 Å². The number of anilines is 1. The van der Waals surface area contributed by atoms with Crippen molar-refractivity contribution >= 4 is 41.0 Å². The molecule has 0 spiro atoms. The molecule has 0 bridgehead atoms. The molecule has 0 saturated heterocycles. The number of hydrogen-bond acceptors (Lipinski definition) is 4. The highest BCUT2D eigenvalue weighted by Gasteiger charge is 2.29. The van der Waals surface area contributed by atoms with Crippen molar-refractivity contribution in [2.45, 2.75) is 6.54 Å². The number of rotatable bonds is 5. The van der Waals surface area contributed by atoms with Gasteiger partial charge in [0.05, 0.1) is 23.4 Å². The average molecular weight is 465 g/mol. The molecular weight excluding hydrogens is 447 g/mol. The zero-order chi connectivity index (χ0) is 23.5. The molecule has 1 aliphatic rings. The van der Waals surface area contributed by atoms with E-state index in [0.29, 0.717) is 23.5 Å². The number of benzene rings is 3. The summed E-state index contributed by atoms with van der Waals surface area (Å²) < 4.78 is 18.5. The lowest BCUT2D eigenvalue weighted by Gasteiger charge is -2.19. The van der Waals surface area contributed by atoms with E-state index in [4.69, 9.17) is 16.3 Å². The van der Waals surface area contributed by atoms with Gasteiger partial charge in [0.2, 0.25) is 5.78 Å². The lowest BCUT2D eigenvalue weighted by molar-refractivity contribution is -0.112. The monoisotopic (exact) mass is 464 g/mol. The van der Waals surface area contributed by atoms with Gasteiger partial charge >= 0.3 is 0 Å². The van der Waals surface area contributed by atoms with Gasteiger partial charge in [0.15, 0.2) is 0 Å². The van der Waals surface area contributed by atoms with Crippen LogP contribution in [0.5, 0.6) is 5.75 Å². The molecule has 0 unspecified atom stereocenters. The van der Waals surface area contributed by atoms with E-state index in [2.05, 4.69) is 10.6 Å². The second-order valence-electron chi connectivity index (χ2n) is 7.31. The largest absolute Gasteiger partial charge is 0.497 e. The number of Topliss-reactive ketones (excluding diaryl/α,β-unsaturated/α-hetero) is 1. The van der Waals surface area contributed by atoms with Crippen molar-refractivity contribution in [2.24, 2.45) is 0 Å². The van der Waals surface area contributed by atoms with Gasteiger partial charge in [0.25, 0.3) is 11.8 Å². The smallest absolute Gasteiger partial charge is 0.259 e. The van der Waals surface area contributed by atoms with Crippen molar-refractivity contribution < 1.29 is 23.5 Å². The second-order valence-corrected chi connectivity index (χ2v) is 7.71. The van der Waals surface area contributed by atoms with Crippen molar-refractivity contribution in [2.75, 3.05) is 12.4 Å². The van der Waals surface area contributed by atoms with Crippen LogP contribution in [0.2, 0.25) is 5.02 Å². The minimum absolute atomic E-state index is 0.121. The van der Waals surface area contributed by atoms with Crippen molar-refractivity contribution in [1.29, 1.82) is 0 Å². The average Bonchev–Trinajstić information content (AvgIpc) is 2.82. The topological polar surface area (TPSA) is 84.5 Å². The Bertz CT molecular complexity index is 1300.